The quantitative estimate of drug-likeness (QED) is 0.424. The molecule has 0 saturated heterocycles. The van der Waals surface area contributed by atoms with E-state index in [1.54, 1.807) is 12.1 Å². The number of rotatable bonds is 2. The molecule has 1 aromatic heterocycles. The highest BCUT2D eigenvalue weighted by Crippen LogP contribution is 2.70. The first kappa shape index (κ1) is 20.2. The summed E-state index contributed by atoms with van der Waals surface area (Å²) in [6.45, 7) is 6.52. The summed E-state index contributed by atoms with van der Waals surface area (Å²) in [5.41, 5.74) is 2.41. The predicted molar refractivity (Wildman–Crippen MR) is 124 cm³/mol. The minimum Gasteiger partial charge on any atom is -0.325 e. The molecule has 2 atom stereocenters. The van der Waals surface area contributed by atoms with Gasteiger partial charge < -0.3 is 5.32 Å². The van der Waals surface area contributed by atoms with Gasteiger partial charge in [0.15, 0.2) is 0 Å². The van der Waals surface area contributed by atoms with E-state index >= 15 is 0 Å². The van der Waals surface area contributed by atoms with Crippen molar-refractivity contribution in [3.05, 3.63) is 62.3 Å². The Bertz CT molecular complexity index is 1230. The van der Waals surface area contributed by atoms with Gasteiger partial charge in [0.1, 0.15) is 0 Å². The van der Waals surface area contributed by atoms with Crippen molar-refractivity contribution < 1.29 is 4.79 Å². The summed E-state index contributed by atoms with van der Waals surface area (Å²) >= 11 is 15.9. The highest BCUT2D eigenvalue weighted by Gasteiger charge is 2.73. The van der Waals surface area contributed by atoms with E-state index in [9.17, 15) is 4.79 Å². The summed E-state index contributed by atoms with van der Waals surface area (Å²) in [6.07, 6.45) is 1.61. The van der Waals surface area contributed by atoms with E-state index < -0.39 is 5.41 Å². The molecule has 7 heteroatoms. The molecule has 2 aliphatic carbocycles. The van der Waals surface area contributed by atoms with E-state index in [-0.39, 0.29) is 16.7 Å². The Kier molecular flexibility index (Phi) is 4.32. The number of amides is 1. The minimum absolute atomic E-state index is 0.0361. The van der Waals surface area contributed by atoms with Gasteiger partial charge in [0, 0.05) is 15.6 Å². The lowest BCUT2D eigenvalue weighted by Gasteiger charge is -2.39. The molecule has 3 aromatic rings. The van der Waals surface area contributed by atoms with Crippen molar-refractivity contribution in [2.75, 3.05) is 5.32 Å². The largest absolute Gasteiger partial charge is 0.325 e. The number of hydrogen-bond donors (Lipinski definition) is 1. The van der Waals surface area contributed by atoms with Crippen molar-refractivity contribution in [2.45, 2.75) is 44.4 Å². The molecule has 4 nitrogen and oxygen atoms in total. The number of carbonyl (C=O) groups is 1. The average Bonchev–Trinajstić information content (AvgIpc) is 2.99. The zero-order chi connectivity index (χ0) is 21.5. The van der Waals surface area contributed by atoms with Crippen molar-refractivity contribution in [3.63, 3.8) is 0 Å². The van der Waals surface area contributed by atoms with Crippen LogP contribution in [0.3, 0.4) is 0 Å². The third-order valence-electron chi connectivity index (χ3n) is 7.57. The van der Waals surface area contributed by atoms with Crippen LogP contribution in [0.25, 0.3) is 11.0 Å². The Hall–Kier alpha value is -1.69. The van der Waals surface area contributed by atoms with E-state index in [4.69, 9.17) is 33.2 Å². The van der Waals surface area contributed by atoms with Crippen LogP contribution in [0.4, 0.5) is 5.69 Å². The van der Waals surface area contributed by atoms with Gasteiger partial charge in [-0.1, -0.05) is 59.9 Å². The molecule has 1 fully saturated rings. The summed E-state index contributed by atoms with van der Waals surface area (Å²) in [4.78, 5) is 23.7. The zero-order valence-electron chi connectivity index (χ0n) is 16.8. The fraction of sp³-hybridized carbons (Fsp3) is 0.348. The smallest absolute Gasteiger partial charge is 0.237 e. The van der Waals surface area contributed by atoms with Gasteiger partial charge in [0.05, 0.1) is 37.9 Å². The normalized spacial score (nSPS) is 26.1. The molecule has 0 radical (unpaired) electrons. The molecule has 1 amide bonds. The standard InChI is InChI=1S/C23H20BrCl2N3O/c1-21(2)22(3)8-9-23(21,20(30)27-13-6-4-12(24)5-7-13)19-18(22)28-16-10-14(25)15(26)11-17(16)29-19/h4-7,10-11H,8-9H2,1-3H3,(H,27,30). The van der Waals surface area contributed by atoms with Crippen LogP contribution in [0.5, 0.6) is 0 Å². The van der Waals surface area contributed by atoms with Crippen LogP contribution in [-0.2, 0) is 15.6 Å². The fourth-order valence-electron chi connectivity index (χ4n) is 5.37. The maximum Gasteiger partial charge on any atom is 0.237 e. The Morgan fingerprint density at radius 3 is 2.13 bits per heavy atom. The predicted octanol–water partition coefficient (Wildman–Crippen LogP) is 6.67. The average molecular weight is 505 g/mol. The van der Waals surface area contributed by atoms with Gasteiger partial charge in [-0.05, 0) is 54.7 Å². The second-order valence-corrected chi connectivity index (χ2v) is 10.7. The molecule has 1 N–H and O–H groups in total. The SMILES string of the molecule is CC12CCC(C(=O)Nc3ccc(Br)cc3)(c3nc4cc(Cl)c(Cl)cc4nc31)C2(C)C. The lowest BCUT2D eigenvalue weighted by Crippen LogP contribution is -2.48. The van der Waals surface area contributed by atoms with E-state index in [1.807, 2.05) is 24.3 Å². The van der Waals surface area contributed by atoms with Gasteiger partial charge in [-0.15, -0.1) is 0 Å². The van der Waals surface area contributed by atoms with Gasteiger partial charge in [-0.25, -0.2) is 9.97 Å². The first-order valence-electron chi connectivity index (χ1n) is 9.85. The van der Waals surface area contributed by atoms with E-state index in [2.05, 4.69) is 42.0 Å². The molecule has 0 spiro atoms. The third-order valence-corrected chi connectivity index (χ3v) is 8.82. The van der Waals surface area contributed by atoms with Crippen LogP contribution >= 0.6 is 39.1 Å². The van der Waals surface area contributed by atoms with Gasteiger partial charge in [0.2, 0.25) is 5.91 Å². The molecule has 2 unspecified atom stereocenters. The molecule has 154 valence electrons. The van der Waals surface area contributed by atoms with Crippen LogP contribution in [0.15, 0.2) is 40.9 Å². The maximum absolute atomic E-state index is 13.8. The summed E-state index contributed by atoms with van der Waals surface area (Å²) < 4.78 is 0.964. The molecular weight excluding hydrogens is 485 g/mol. The van der Waals surface area contributed by atoms with Crippen molar-refractivity contribution in [2.24, 2.45) is 5.41 Å². The summed E-state index contributed by atoms with van der Waals surface area (Å²) in [7, 11) is 0. The second kappa shape index (κ2) is 6.41. The molecule has 2 aromatic carbocycles. The Morgan fingerprint density at radius 1 is 0.967 bits per heavy atom. The topological polar surface area (TPSA) is 54.9 Å². The maximum atomic E-state index is 13.8. The van der Waals surface area contributed by atoms with Crippen molar-refractivity contribution in [1.82, 2.24) is 9.97 Å². The zero-order valence-corrected chi connectivity index (χ0v) is 19.9. The van der Waals surface area contributed by atoms with Crippen LogP contribution in [-0.4, -0.2) is 15.9 Å². The van der Waals surface area contributed by atoms with Crippen LogP contribution in [0, 0.1) is 5.41 Å². The molecule has 1 heterocycles. The molecule has 2 aliphatic rings. The highest BCUT2D eigenvalue weighted by molar-refractivity contribution is 9.10. The van der Waals surface area contributed by atoms with Crippen LogP contribution in [0.1, 0.15) is 45.0 Å². The number of aromatic nitrogens is 2. The number of nitrogens with zero attached hydrogens (tertiary/aromatic N) is 2. The molecule has 30 heavy (non-hydrogen) atoms. The lowest BCUT2D eigenvalue weighted by atomic mass is 9.63. The summed E-state index contributed by atoms with van der Waals surface area (Å²) in [6, 6.07) is 11.1. The number of halogens is 3. The fourth-order valence-corrected chi connectivity index (χ4v) is 5.95. The van der Waals surface area contributed by atoms with Gasteiger partial charge in [0.25, 0.3) is 0 Å². The number of hydrogen-bond acceptors (Lipinski definition) is 3. The monoisotopic (exact) mass is 503 g/mol. The molecule has 0 aliphatic heterocycles. The summed E-state index contributed by atoms with van der Waals surface area (Å²) in [5.74, 6) is -0.0361. The molecule has 5 rings (SSSR count). The van der Waals surface area contributed by atoms with Gasteiger partial charge in [-0.3, -0.25) is 4.79 Å². The first-order chi connectivity index (χ1) is 14.1. The Balaban J connectivity index is 1.70. The van der Waals surface area contributed by atoms with Gasteiger partial charge in [-0.2, -0.15) is 0 Å². The van der Waals surface area contributed by atoms with Crippen molar-refractivity contribution in [1.29, 1.82) is 0 Å². The molecular formula is C23H20BrCl2N3O. The number of carbonyl (C=O) groups excluding carboxylic acids is 1. The van der Waals surface area contributed by atoms with Crippen LogP contribution in [0.2, 0.25) is 10.0 Å². The highest BCUT2D eigenvalue weighted by atomic mass is 79.9. The number of fused-ring (bicyclic) bond motifs is 6. The Morgan fingerprint density at radius 2 is 1.53 bits per heavy atom. The van der Waals surface area contributed by atoms with Crippen molar-refractivity contribution >= 4 is 61.8 Å². The number of nitrogens with one attached hydrogen (secondary N) is 1. The number of benzene rings is 2. The third kappa shape index (κ3) is 2.43. The van der Waals surface area contributed by atoms with E-state index in [0.29, 0.717) is 21.1 Å². The molecule has 1 saturated carbocycles. The summed E-state index contributed by atoms with van der Waals surface area (Å²) in [5, 5.41) is 4.02. The van der Waals surface area contributed by atoms with E-state index in [0.717, 1.165) is 34.4 Å². The molecule has 2 bridgehead atoms. The first-order valence-corrected chi connectivity index (χ1v) is 11.4. The Labute approximate surface area is 193 Å². The second-order valence-electron chi connectivity index (χ2n) is 9.00. The van der Waals surface area contributed by atoms with Gasteiger partial charge >= 0.3 is 0 Å². The van der Waals surface area contributed by atoms with Crippen LogP contribution < -0.4 is 5.32 Å². The number of anilines is 1. The van der Waals surface area contributed by atoms with Crippen molar-refractivity contribution in [3.8, 4) is 0 Å². The minimum atomic E-state index is -0.766. The lowest BCUT2D eigenvalue weighted by molar-refractivity contribution is -0.125. The van der Waals surface area contributed by atoms with E-state index in [1.165, 1.54) is 0 Å².